The molecule has 0 aliphatic heterocycles. The molecule has 2 aromatic heterocycles. The fourth-order valence-corrected chi connectivity index (χ4v) is 2.75. The molecule has 0 bridgehead atoms. The van der Waals surface area contributed by atoms with Crippen molar-refractivity contribution in [1.82, 2.24) is 19.6 Å². The van der Waals surface area contributed by atoms with Gasteiger partial charge in [0.05, 0.1) is 29.2 Å². The van der Waals surface area contributed by atoms with Crippen molar-refractivity contribution >= 4 is 23.2 Å². The fourth-order valence-electron chi connectivity index (χ4n) is 2.62. The number of hydrogen-bond acceptors (Lipinski definition) is 4. The smallest absolute Gasteiger partial charge is 0.276 e. The highest BCUT2D eigenvalue weighted by molar-refractivity contribution is 6.31. The third-order valence-corrected chi connectivity index (χ3v) is 4.60. The van der Waals surface area contributed by atoms with E-state index in [0.29, 0.717) is 28.8 Å². The summed E-state index contributed by atoms with van der Waals surface area (Å²) in [4.78, 5) is 12.5. The van der Waals surface area contributed by atoms with Gasteiger partial charge in [0.1, 0.15) is 12.4 Å². The van der Waals surface area contributed by atoms with Gasteiger partial charge in [0.15, 0.2) is 5.69 Å². The molecule has 3 aromatic rings. The van der Waals surface area contributed by atoms with Gasteiger partial charge in [-0.15, -0.1) is 0 Å². The Bertz CT molecular complexity index is 961. The van der Waals surface area contributed by atoms with Gasteiger partial charge in [-0.1, -0.05) is 17.7 Å². The number of methoxy groups -OCH3 is 1. The first-order chi connectivity index (χ1) is 12.4. The Kier molecular flexibility index (Phi) is 4.99. The lowest BCUT2D eigenvalue weighted by Gasteiger charge is -2.10. The molecule has 0 spiro atoms. The van der Waals surface area contributed by atoms with Crippen molar-refractivity contribution in [2.75, 3.05) is 12.4 Å². The van der Waals surface area contributed by atoms with Crippen LogP contribution in [0.4, 0.5) is 5.69 Å². The van der Waals surface area contributed by atoms with Crippen molar-refractivity contribution in [3.05, 3.63) is 58.1 Å². The van der Waals surface area contributed by atoms with Gasteiger partial charge in [0.25, 0.3) is 5.91 Å². The number of aromatic nitrogens is 4. The predicted octanol–water partition coefficient (Wildman–Crippen LogP) is 3.42. The van der Waals surface area contributed by atoms with Crippen LogP contribution in [0.3, 0.4) is 0 Å². The zero-order valence-corrected chi connectivity index (χ0v) is 15.8. The number of carbonyl (C=O) groups excluding carboxylic acids is 1. The molecule has 3 rings (SSSR count). The first kappa shape index (κ1) is 18.0. The van der Waals surface area contributed by atoms with Crippen LogP contribution in [0.25, 0.3) is 0 Å². The molecule has 0 aliphatic rings. The van der Waals surface area contributed by atoms with E-state index in [4.69, 9.17) is 16.3 Å². The average Bonchev–Trinajstić information content (AvgIpc) is 3.17. The highest BCUT2D eigenvalue weighted by Gasteiger charge is 2.14. The Morgan fingerprint density at radius 1 is 1.23 bits per heavy atom. The van der Waals surface area contributed by atoms with E-state index < -0.39 is 0 Å². The minimum Gasteiger partial charge on any atom is -0.495 e. The Hall–Kier alpha value is -2.80. The first-order valence-corrected chi connectivity index (χ1v) is 8.45. The lowest BCUT2D eigenvalue weighted by Crippen LogP contribution is -2.16. The molecule has 2 heterocycles. The summed E-state index contributed by atoms with van der Waals surface area (Å²) in [5.74, 6) is 0.291. The second-order valence-electron chi connectivity index (χ2n) is 6.02. The maximum absolute atomic E-state index is 12.5. The maximum Gasteiger partial charge on any atom is 0.276 e. The van der Waals surface area contributed by atoms with E-state index >= 15 is 0 Å². The van der Waals surface area contributed by atoms with E-state index in [1.807, 2.05) is 39.0 Å². The number of ether oxygens (including phenoxy) is 1. The zero-order chi connectivity index (χ0) is 18.8. The monoisotopic (exact) mass is 373 g/mol. The van der Waals surface area contributed by atoms with Gasteiger partial charge in [-0.2, -0.15) is 10.2 Å². The van der Waals surface area contributed by atoms with Crippen LogP contribution in [0.2, 0.25) is 5.02 Å². The van der Waals surface area contributed by atoms with E-state index in [9.17, 15) is 4.79 Å². The molecule has 1 N–H and O–H groups in total. The van der Waals surface area contributed by atoms with E-state index in [0.717, 1.165) is 17.0 Å². The van der Waals surface area contributed by atoms with Crippen molar-refractivity contribution < 1.29 is 9.53 Å². The van der Waals surface area contributed by atoms with Crippen LogP contribution >= 0.6 is 11.6 Å². The molecule has 1 amide bonds. The van der Waals surface area contributed by atoms with E-state index in [2.05, 4.69) is 15.5 Å². The summed E-state index contributed by atoms with van der Waals surface area (Å²) in [6, 6.07) is 7.25. The molecule has 0 saturated heterocycles. The number of nitrogens with zero attached hydrogens (tertiary/aromatic N) is 4. The van der Waals surface area contributed by atoms with Gasteiger partial charge in [0, 0.05) is 6.20 Å². The minimum atomic E-state index is -0.306. The van der Waals surface area contributed by atoms with Crippen LogP contribution in [-0.2, 0) is 6.67 Å². The zero-order valence-electron chi connectivity index (χ0n) is 15.1. The minimum absolute atomic E-state index is 0.306. The molecule has 0 atom stereocenters. The Balaban J connectivity index is 1.76. The van der Waals surface area contributed by atoms with Gasteiger partial charge >= 0.3 is 0 Å². The van der Waals surface area contributed by atoms with E-state index in [-0.39, 0.29) is 5.91 Å². The predicted molar refractivity (Wildman–Crippen MR) is 100 cm³/mol. The third kappa shape index (κ3) is 3.57. The van der Waals surface area contributed by atoms with Gasteiger partial charge in [-0.05, 0) is 44.5 Å². The van der Waals surface area contributed by atoms with Crippen molar-refractivity contribution in [3.8, 4) is 5.75 Å². The van der Waals surface area contributed by atoms with Crippen LogP contribution < -0.4 is 10.1 Å². The fraction of sp³-hybridized carbons (Fsp3) is 0.278. The number of rotatable bonds is 5. The number of hydrogen-bond donors (Lipinski definition) is 1. The molecule has 1 aromatic carbocycles. The summed E-state index contributed by atoms with van der Waals surface area (Å²) in [5.41, 5.74) is 3.56. The van der Waals surface area contributed by atoms with Crippen LogP contribution in [-0.4, -0.2) is 32.6 Å². The average molecular weight is 374 g/mol. The van der Waals surface area contributed by atoms with Crippen molar-refractivity contribution in [2.24, 2.45) is 0 Å². The number of carbonyl (C=O) groups is 1. The summed E-state index contributed by atoms with van der Waals surface area (Å²) < 4.78 is 8.67. The number of benzene rings is 1. The van der Waals surface area contributed by atoms with Gasteiger partial charge in [-0.3, -0.25) is 9.48 Å². The number of nitrogens with one attached hydrogen (secondary N) is 1. The van der Waals surface area contributed by atoms with Gasteiger partial charge < -0.3 is 10.1 Å². The van der Waals surface area contributed by atoms with E-state index in [1.54, 1.807) is 28.7 Å². The molecule has 136 valence electrons. The van der Waals surface area contributed by atoms with Gasteiger partial charge in [0.2, 0.25) is 0 Å². The molecule has 0 saturated carbocycles. The summed E-state index contributed by atoms with van der Waals surface area (Å²) in [5, 5.41) is 12.2. The van der Waals surface area contributed by atoms with Crippen LogP contribution in [0, 0.1) is 20.8 Å². The maximum atomic E-state index is 12.5. The summed E-state index contributed by atoms with van der Waals surface area (Å²) in [6.45, 7) is 6.07. The third-order valence-electron chi connectivity index (χ3n) is 4.05. The highest BCUT2D eigenvalue weighted by atomic mass is 35.5. The summed E-state index contributed by atoms with van der Waals surface area (Å²) >= 11 is 6.16. The molecular formula is C18H20ClN5O2. The largest absolute Gasteiger partial charge is 0.495 e. The Morgan fingerprint density at radius 2 is 2.00 bits per heavy atom. The second kappa shape index (κ2) is 7.21. The normalized spacial score (nSPS) is 10.8. The number of amides is 1. The quantitative estimate of drug-likeness (QED) is 0.743. The SMILES string of the molecule is COc1ccc(C)cc1NC(=O)c1ccn(Cn2nc(C)c(Cl)c2C)n1. The molecule has 0 radical (unpaired) electrons. The van der Waals surface area contributed by atoms with Crippen LogP contribution in [0.5, 0.6) is 5.75 Å². The summed E-state index contributed by atoms with van der Waals surface area (Å²) in [7, 11) is 1.56. The highest BCUT2D eigenvalue weighted by Crippen LogP contribution is 2.25. The molecule has 7 nitrogen and oxygen atoms in total. The topological polar surface area (TPSA) is 74.0 Å². The molecule has 26 heavy (non-hydrogen) atoms. The van der Waals surface area contributed by atoms with Crippen LogP contribution in [0.15, 0.2) is 30.5 Å². The lowest BCUT2D eigenvalue weighted by molar-refractivity contribution is 0.102. The second-order valence-corrected chi connectivity index (χ2v) is 6.40. The summed E-state index contributed by atoms with van der Waals surface area (Å²) in [6.07, 6.45) is 1.73. The van der Waals surface area contributed by atoms with Gasteiger partial charge in [-0.25, -0.2) is 4.68 Å². The van der Waals surface area contributed by atoms with E-state index in [1.165, 1.54) is 0 Å². The first-order valence-electron chi connectivity index (χ1n) is 8.08. The number of aryl methyl sites for hydroxylation is 2. The van der Waals surface area contributed by atoms with Crippen molar-refractivity contribution in [2.45, 2.75) is 27.4 Å². The Labute approximate surface area is 156 Å². The number of halogens is 1. The molecular weight excluding hydrogens is 354 g/mol. The molecule has 0 aliphatic carbocycles. The molecule has 0 unspecified atom stereocenters. The van der Waals surface area contributed by atoms with Crippen molar-refractivity contribution in [1.29, 1.82) is 0 Å². The standard InChI is InChI=1S/C18H20ClN5O2/c1-11-5-6-16(26-4)15(9-11)20-18(25)14-7-8-23(22-14)10-24-13(3)17(19)12(2)21-24/h5-9H,10H2,1-4H3,(H,20,25). The van der Waals surface area contributed by atoms with Crippen molar-refractivity contribution in [3.63, 3.8) is 0 Å². The Morgan fingerprint density at radius 3 is 2.65 bits per heavy atom. The molecule has 0 fully saturated rings. The lowest BCUT2D eigenvalue weighted by atomic mass is 10.2. The van der Waals surface area contributed by atoms with Crippen LogP contribution in [0.1, 0.15) is 27.4 Å². The molecule has 8 heteroatoms. The number of anilines is 1.